The SMILES string of the molecule is CC(O)(C(F)(F)F)C1(O)CCCC1. The summed E-state index contributed by atoms with van der Waals surface area (Å²) in [5.74, 6) is 0. The van der Waals surface area contributed by atoms with E-state index in [4.69, 9.17) is 0 Å². The van der Waals surface area contributed by atoms with Crippen molar-refractivity contribution in [1.29, 1.82) is 0 Å². The summed E-state index contributed by atoms with van der Waals surface area (Å²) >= 11 is 0. The van der Waals surface area contributed by atoms with Gasteiger partial charge in [0, 0.05) is 0 Å². The molecule has 0 radical (unpaired) electrons. The Kier molecular flexibility index (Phi) is 2.37. The van der Waals surface area contributed by atoms with Crippen molar-refractivity contribution in [1.82, 2.24) is 0 Å². The van der Waals surface area contributed by atoms with Gasteiger partial charge in [-0.15, -0.1) is 0 Å². The molecule has 0 saturated heterocycles. The first kappa shape index (κ1) is 10.8. The molecule has 78 valence electrons. The molecule has 1 aliphatic rings. The molecule has 0 heterocycles. The summed E-state index contributed by atoms with van der Waals surface area (Å²) in [6, 6.07) is 0. The van der Waals surface area contributed by atoms with Gasteiger partial charge in [0.15, 0.2) is 5.60 Å². The van der Waals surface area contributed by atoms with Crippen LogP contribution in [0.4, 0.5) is 13.2 Å². The van der Waals surface area contributed by atoms with Crippen LogP contribution in [0, 0.1) is 0 Å². The number of halogens is 3. The van der Waals surface area contributed by atoms with Gasteiger partial charge in [-0.3, -0.25) is 0 Å². The number of hydrogen-bond donors (Lipinski definition) is 2. The van der Waals surface area contributed by atoms with E-state index in [0.29, 0.717) is 19.8 Å². The highest BCUT2D eigenvalue weighted by atomic mass is 19.4. The summed E-state index contributed by atoms with van der Waals surface area (Å²) in [6.45, 7) is 0.637. The minimum atomic E-state index is -4.77. The van der Waals surface area contributed by atoms with E-state index >= 15 is 0 Å². The maximum Gasteiger partial charge on any atom is 0.419 e. The number of hydrogen-bond acceptors (Lipinski definition) is 2. The third-order valence-electron chi connectivity index (χ3n) is 2.89. The Labute approximate surface area is 74.4 Å². The summed E-state index contributed by atoms with van der Waals surface area (Å²) in [5.41, 5.74) is -4.98. The molecule has 1 atom stereocenters. The zero-order valence-corrected chi connectivity index (χ0v) is 7.36. The third-order valence-corrected chi connectivity index (χ3v) is 2.89. The van der Waals surface area contributed by atoms with Gasteiger partial charge in [0.25, 0.3) is 0 Å². The standard InChI is InChI=1S/C8H13F3O2/c1-6(12,8(9,10)11)7(13)4-2-3-5-7/h12-13H,2-5H2,1H3. The topological polar surface area (TPSA) is 40.5 Å². The van der Waals surface area contributed by atoms with Gasteiger partial charge in [0.05, 0.1) is 0 Å². The van der Waals surface area contributed by atoms with E-state index in [1.54, 1.807) is 0 Å². The van der Waals surface area contributed by atoms with Crippen molar-refractivity contribution >= 4 is 0 Å². The lowest BCUT2D eigenvalue weighted by molar-refractivity contribution is -0.309. The second-order valence-electron chi connectivity index (χ2n) is 3.81. The fourth-order valence-corrected chi connectivity index (χ4v) is 1.71. The fourth-order valence-electron chi connectivity index (χ4n) is 1.71. The van der Waals surface area contributed by atoms with Crippen LogP contribution in [-0.2, 0) is 0 Å². The molecule has 0 aromatic heterocycles. The first-order chi connectivity index (χ1) is 5.71. The molecule has 0 amide bonds. The van der Waals surface area contributed by atoms with Crippen LogP contribution in [0.2, 0.25) is 0 Å². The minimum absolute atomic E-state index is 0.0134. The number of aliphatic hydroxyl groups is 2. The normalized spacial score (nSPS) is 27.2. The Morgan fingerprint density at radius 3 is 1.85 bits per heavy atom. The summed E-state index contributed by atoms with van der Waals surface area (Å²) in [4.78, 5) is 0. The van der Waals surface area contributed by atoms with Crippen LogP contribution in [0.5, 0.6) is 0 Å². The predicted molar refractivity (Wildman–Crippen MR) is 40.1 cm³/mol. The van der Waals surface area contributed by atoms with Crippen LogP contribution in [0.1, 0.15) is 32.6 Å². The molecule has 1 rings (SSSR count). The first-order valence-corrected chi connectivity index (χ1v) is 4.22. The molecule has 1 aliphatic carbocycles. The summed E-state index contributed by atoms with van der Waals surface area (Å²) in [7, 11) is 0. The van der Waals surface area contributed by atoms with E-state index in [9.17, 15) is 23.4 Å². The lowest BCUT2D eigenvalue weighted by Gasteiger charge is -2.39. The Balaban J connectivity index is 2.91. The third kappa shape index (κ3) is 1.55. The molecule has 0 aliphatic heterocycles. The van der Waals surface area contributed by atoms with Crippen molar-refractivity contribution in [2.45, 2.75) is 50.0 Å². The van der Waals surface area contributed by atoms with Crippen LogP contribution in [-0.4, -0.2) is 27.6 Å². The average molecular weight is 198 g/mol. The van der Waals surface area contributed by atoms with Gasteiger partial charge >= 0.3 is 6.18 Å². The molecule has 1 saturated carbocycles. The highest BCUT2D eigenvalue weighted by Gasteiger charge is 2.63. The van der Waals surface area contributed by atoms with Crippen molar-refractivity contribution < 1.29 is 23.4 Å². The van der Waals surface area contributed by atoms with Crippen molar-refractivity contribution in [3.8, 4) is 0 Å². The van der Waals surface area contributed by atoms with Crippen molar-refractivity contribution in [2.75, 3.05) is 0 Å². The van der Waals surface area contributed by atoms with Gasteiger partial charge in [-0.25, -0.2) is 0 Å². The van der Waals surface area contributed by atoms with Gasteiger partial charge in [0.2, 0.25) is 0 Å². The molecule has 0 aromatic carbocycles. The van der Waals surface area contributed by atoms with Crippen LogP contribution >= 0.6 is 0 Å². The van der Waals surface area contributed by atoms with Gasteiger partial charge in [-0.05, 0) is 19.8 Å². The number of alkyl halides is 3. The van der Waals surface area contributed by atoms with Crippen molar-refractivity contribution in [2.24, 2.45) is 0 Å². The Hall–Kier alpha value is -0.290. The van der Waals surface area contributed by atoms with E-state index in [1.165, 1.54) is 0 Å². The second kappa shape index (κ2) is 2.85. The molecular weight excluding hydrogens is 185 g/mol. The molecule has 2 nitrogen and oxygen atoms in total. The van der Waals surface area contributed by atoms with Gasteiger partial charge in [-0.2, -0.15) is 13.2 Å². The van der Waals surface area contributed by atoms with E-state index in [-0.39, 0.29) is 12.8 Å². The molecule has 1 unspecified atom stereocenters. The predicted octanol–water partition coefficient (Wildman–Crippen LogP) is 1.60. The summed E-state index contributed by atoms with van der Waals surface area (Å²) in [5, 5.41) is 18.8. The van der Waals surface area contributed by atoms with E-state index in [1.807, 2.05) is 0 Å². The average Bonchev–Trinajstić information content (AvgIpc) is 2.35. The fraction of sp³-hybridized carbons (Fsp3) is 1.00. The maximum atomic E-state index is 12.3. The monoisotopic (exact) mass is 198 g/mol. The Morgan fingerprint density at radius 2 is 1.54 bits per heavy atom. The molecule has 5 heteroatoms. The quantitative estimate of drug-likeness (QED) is 0.672. The van der Waals surface area contributed by atoms with Gasteiger partial charge in [-0.1, -0.05) is 12.8 Å². The van der Waals surface area contributed by atoms with Crippen LogP contribution in [0.15, 0.2) is 0 Å². The highest BCUT2D eigenvalue weighted by molar-refractivity contribution is 5.03. The molecular formula is C8H13F3O2. The van der Waals surface area contributed by atoms with E-state index < -0.39 is 17.4 Å². The summed E-state index contributed by atoms with van der Waals surface area (Å²) in [6.07, 6.45) is -3.68. The largest absolute Gasteiger partial charge is 0.419 e. The van der Waals surface area contributed by atoms with Crippen molar-refractivity contribution in [3.05, 3.63) is 0 Å². The Bertz CT molecular complexity index is 192. The second-order valence-corrected chi connectivity index (χ2v) is 3.81. The molecule has 2 N–H and O–H groups in total. The Morgan fingerprint density at radius 1 is 1.15 bits per heavy atom. The van der Waals surface area contributed by atoms with Crippen LogP contribution < -0.4 is 0 Å². The van der Waals surface area contributed by atoms with E-state index in [2.05, 4.69) is 0 Å². The van der Waals surface area contributed by atoms with Gasteiger partial charge in [0.1, 0.15) is 5.60 Å². The van der Waals surface area contributed by atoms with Crippen LogP contribution in [0.3, 0.4) is 0 Å². The summed E-state index contributed by atoms with van der Waals surface area (Å²) < 4.78 is 37.0. The molecule has 13 heavy (non-hydrogen) atoms. The zero-order valence-electron chi connectivity index (χ0n) is 7.36. The zero-order chi connectivity index (χ0) is 10.3. The van der Waals surface area contributed by atoms with Crippen molar-refractivity contribution in [3.63, 3.8) is 0 Å². The van der Waals surface area contributed by atoms with E-state index in [0.717, 1.165) is 0 Å². The molecule has 0 bridgehead atoms. The number of rotatable bonds is 1. The minimum Gasteiger partial charge on any atom is -0.387 e. The van der Waals surface area contributed by atoms with Gasteiger partial charge < -0.3 is 10.2 Å². The molecule has 1 fully saturated rings. The molecule has 0 spiro atoms. The highest BCUT2D eigenvalue weighted by Crippen LogP contribution is 2.46. The smallest absolute Gasteiger partial charge is 0.387 e. The first-order valence-electron chi connectivity index (χ1n) is 4.22. The molecule has 0 aromatic rings. The maximum absolute atomic E-state index is 12.3. The van der Waals surface area contributed by atoms with Crippen LogP contribution in [0.25, 0.3) is 0 Å². The lowest BCUT2D eigenvalue weighted by Crippen LogP contribution is -2.59. The lowest BCUT2D eigenvalue weighted by atomic mass is 9.82.